The molecular weight excluding hydrogens is 514 g/mol. The minimum atomic E-state index is -4.12. The highest BCUT2D eigenvalue weighted by atomic mass is 32.2. The van der Waals surface area contributed by atoms with Gasteiger partial charge in [0, 0.05) is 19.2 Å². The molecule has 0 saturated carbocycles. The third kappa shape index (κ3) is 6.91. The Morgan fingerprint density at radius 3 is 2.18 bits per heavy atom. The second kappa shape index (κ2) is 12.5. The predicted octanol–water partition coefficient (Wildman–Crippen LogP) is 4.43. The molecular formula is C30H37N3O5S. The van der Waals surface area contributed by atoms with Gasteiger partial charge in [0.15, 0.2) is 11.5 Å². The molecule has 0 radical (unpaired) electrons. The molecule has 0 spiro atoms. The summed E-state index contributed by atoms with van der Waals surface area (Å²) in [5.41, 5.74) is 4.41. The van der Waals surface area contributed by atoms with E-state index in [0.717, 1.165) is 40.6 Å². The summed E-state index contributed by atoms with van der Waals surface area (Å²) in [4.78, 5) is 15.7. The van der Waals surface area contributed by atoms with E-state index in [2.05, 4.69) is 16.3 Å². The number of hydrogen-bond acceptors (Lipinski definition) is 6. The molecule has 0 aliphatic carbocycles. The summed E-state index contributed by atoms with van der Waals surface area (Å²) in [7, 11) is -1.18. The van der Waals surface area contributed by atoms with Crippen LogP contribution in [0.3, 0.4) is 0 Å². The van der Waals surface area contributed by atoms with Crippen molar-refractivity contribution in [2.45, 2.75) is 44.7 Å². The SMILES string of the molecule is COc1ccc(S(=O)(=O)N(CC(=O)NCc2ccccc2CN2CCCC2)c2cc(C)cc(C)c2)cc1OC. The molecule has 1 N–H and O–H groups in total. The van der Waals surface area contributed by atoms with Crippen molar-refractivity contribution in [3.63, 3.8) is 0 Å². The number of rotatable bonds is 11. The van der Waals surface area contributed by atoms with Crippen molar-refractivity contribution in [1.82, 2.24) is 10.2 Å². The van der Waals surface area contributed by atoms with E-state index in [1.807, 2.05) is 38.1 Å². The maximum Gasteiger partial charge on any atom is 0.264 e. The molecule has 8 nitrogen and oxygen atoms in total. The molecule has 4 rings (SSSR count). The normalized spacial score (nSPS) is 13.7. The fraction of sp³-hybridized carbons (Fsp3) is 0.367. The summed E-state index contributed by atoms with van der Waals surface area (Å²) in [5.74, 6) is 0.312. The summed E-state index contributed by atoms with van der Waals surface area (Å²) < 4.78 is 39.6. The molecule has 1 heterocycles. The van der Waals surface area contributed by atoms with Gasteiger partial charge < -0.3 is 14.8 Å². The number of ether oxygens (including phenoxy) is 2. The van der Waals surface area contributed by atoms with Crippen molar-refractivity contribution in [1.29, 1.82) is 0 Å². The van der Waals surface area contributed by atoms with E-state index in [9.17, 15) is 13.2 Å². The average molecular weight is 552 g/mol. The van der Waals surface area contributed by atoms with Crippen LogP contribution >= 0.6 is 0 Å². The van der Waals surface area contributed by atoms with Gasteiger partial charge in [-0.25, -0.2) is 8.42 Å². The first-order chi connectivity index (χ1) is 18.7. The summed E-state index contributed by atoms with van der Waals surface area (Å²) in [6.07, 6.45) is 2.42. The molecule has 3 aromatic rings. The number of carbonyl (C=O) groups is 1. The number of methoxy groups -OCH3 is 2. The number of benzene rings is 3. The van der Waals surface area contributed by atoms with E-state index >= 15 is 0 Å². The number of likely N-dealkylation sites (tertiary alicyclic amines) is 1. The Morgan fingerprint density at radius 2 is 1.54 bits per heavy atom. The van der Waals surface area contributed by atoms with Gasteiger partial charge in [0.05, 0.1) is 24.8 Å². The first-order valence-corrected chi connectivity index (χ1v) is 14.5. The summed E-state index contributed by atoms with van der Waals surface area (Å²) >= 11 is 0. The fourth-order valence-corrected chi connectivity index (χ4v) is 6.38. The Hall–Kier alpha value is -3.56. The third-order valence-electron chi connectivity index (χ3n) is 6.91. The number of nitrogens with one attached hydrogen (secondary N) is 1. The van der Waals surface area contributed by atoms with Crippen LogP contribution in [0, 0.1) is 13.8 Å². The highest BCUT2D eigenvalue weighted by molar-refractivity contribution is 7.92. The van der Waals surface area contributed by atoms with Gasteiger partial charge in [-0.1, -0.05) is 30.3 Å². The van der Waals surface area contributed by atoms with Crippen LogP contribution in [0.4, 0.5) is 5.69 Å². The van der Waals surface area contributed by atoms with Crippen LogP contribution in [-0.4, -0.2) is 53.1 Å². The highest BCUT2D eigenvalue weighted by Gasteiger charge is 2.29. The zero-order chi connectivity index (χ0) is 28.0. The molecule has 1 fully saturated rings. The van der Waals surface area contributed by atoms with Gasteiger partial charge in [-0.05, 0) is 86.3 Å². The fourth-order valence-electron chi connectivity index (χ4n) is 4.96. The van der Waals surface area contributed by atoms with Crippen LogP contribution in [0.25, 0.3) is 0 Å². The molecule has 1 aliphatic rings. The molecule has 39 heavy (non-hydrogen) atoms. The number of sulfonamides is 1. The average Bonchev–Trinajstić information content (AvgIpc) is 3.43. The van der Waals surface area contributed by atoms with Crippen LogP contribution in [0.1, 0.15) is 35.1 Å². The Bertz CT molecular complexity index is 1400. The first kappa shape index (κ1) is 28.4. The lowest BCUT2D eigenvalue weighted by Gasteiger charge is -2.25. The number of aryl methyl sites for hydroxylation is 2. The van der Waals surface area contributed by atoms with Crippen molar-refractivity contribution in [2.75, 3.05) is 38.2 Å². The molecule has 1 aliphatic heterocycles. The van der Waals surface area contributed by atoms with E-state index in [4.69, 9.17) is 9.47 Å². The zero-order valence-corrected chi connectivity index (χ0v) is 23.9. The van der Waals surface area contributed by atoms with Crippen LogP contribution in [0.5, 0.6) is 11.5 Å². The maximum absolute atomic E-state index is 13.9. The van der Waals surface area contributed by atoms with Gasteiger partial charge in [0.2, 0.25) is 5.91 Å². The monoisotopic (exact) mass is 551 g/mol. The molecule has 3 aromatic carbocycles. The molecule has 208 valence electrons. The lowest BCUT2D eigenvalue weighted by Crippen LogP contribution is -2.41. The highest BCUT2D eigenvalue weighted by Crippen LogP contribution is 2.32. The topological polar surface area (TPSA) is 88.2 Å². The van der Waals surface area contributed by atoms with Gasteiger partial charge in [-0.15, -0.1) is 0 Å². The molecule has 1 amide bonds. The molecule has 9 heteroatoms. The van der Waals surface area contributed by atoms with E-state index in [1.165, 1.54) is 44.8 Å². The zero-order valence-electron chi connectivity index (χ0n) is 23.1. The summed E-state index contributed by atoms with van der Waals surface area (Å²) in [6.45, 7) is 6.76. The van der Waals surface area contributed by atoms with Crippen molar-refractivity contribution < 1.29 is 22.7 Å². The van der Waals surface area contributed by atoms with E-state index in [-0.39, 0.29) is 17.2 Å². The van der Waals surface area contributed by atoms with Crippen molar-refractivity contribution in [3.05, 3.63) is 82.9 Å². The van der Waals surface area contributed by atoms with E-state index in [0.29, 0.717) is 18.0 Å². The smallest absolute Gasteiger partial charge is 0.264 e. The van der Waals surface area contributed by atoms with Crippen LogP contribution < -0.4 is 19.1 Å². The molecule has 0 aromatic heterocycles. The van der Waals surface area contributed by atoms with Crippen molar-refractivity contribution in [2.24, 2.45) is 0 Å². The Labute approximate surface area is 231 Å². The van der Waals surface area contributed by atoms with Gasteiger partial charge in [-0.2, -0.15) is 0 Å². The number of carbonyl (C=O) groups excluding carboxylic acids is 1. The van der Waals surface area contributed by atoms with E-state index in [1.54, 1.807) is 18.2 Å². The van der Waals surface area contributed by atoms with Crippen molar-refractivity contribution >= 4 is 21.6 Å². The molecule has 0 atom stereocenters. The Balaban J connectivity index is 1.59. The molecule has 0 bridgehead atoms. The molecule has 0 unspecified atom stereocenters. The number of nitrogens with zero attached hydrogens (tertiary/aromatic N) is 2. The minimum absolute atomic E-state index is 0.00284. The lowest BCUT2D eigenvalue weighted by molar-refractivity contribution is -0.119. The van der Waals surface area contributed by atoms with Crippen LogP contribution in [-0.2, 0) is 27.9 Å². The van der Waals surface area contributed by atoms with Gasteiger partial charge in [0.25, 0.3) is 10.0 Å². The van der Waals surface area contributed by atoms with Crippen LogP contribution in [0.15, 0.2) is 65.6 Å². The number of hydrogen-bond donors (Lipinski definition) is 1. The number of anilines is 1. The minimum Gasteiger partial charge on any atom is -0.493 e. The maximum atomic E-state index is 13.9. The second-order valence-corrected chi connectivity index (χ2v) is 11.8. The summed E-state index contributed by atoms with van der Waals surface area (Å²) in [5, 5.41) is 2.95. The predicted molar refractivity (Wildman–Crippen MR) is 153 cm³/mol. The lowest BCUT2D eigenvalue weighted by atomic mass is 10.1. The molecule has 1 saturated heterocycles. The van der Waals surface area contributed by atoms with Gasteiger partial charge in [0.1, 0.15) is 6.54 Å². The van der Waals surface area contributed by atoms with Gasteiger partial charge >= 0.3 is 0 Å². The van der Waals surface area contributed by atoms with Crippen LogP contribution in [0.2, 0.25) is 0 Å². The first-order valence-electron chi connectivity index (χ1n) is 13.1. The second-order valence-electron chi connectivity index (χ2n) is 9.90. The summed E-state index contributed by atoms with van der Waals surface area (Å²) in [6, 6.07) is 18.0. The van der Waals surface area contributed by atoms with E-state index < -0.39 is 15.9 Å². The Morgan fingerprint density at radius 1 is 0.897 bits per heavy atom. The van der Waals surface area contributed by atoms with Gasteiger partial charge in [-0.3, -0.25) is 14.0 Å². The largest absolute Gasteiger partial charge is 0.493 e. The standard InChI is InChI=1S/C30H37N3O5S/c1-22-15-23(2)17-26(16-22)33(39(35,36)27-11-12-28(37-3)29(18-27)38-4)21-30(34)31-19-24-9-5-6-10-25(24)20-32-13-7-8-14-32/h5-6,9-12,15-18H,7-8,13-14,19-21H2,1-4H3,(H,31,34). The quantitative estimate of drug-likeness (QED) is 0.379. The number of amides is 1. The Kier molecular flexibility index (Phi) is 9.14. The third-order valence-corrected chi connectivity index (χ3v) is 8.68. The van der Waals surface area contributed by atoms with Crippen molar-refractivity contribution in [3.8, 4) is 11.5 Å².